The summed E-state index contributed by atoms with van der Waals surface area (Å²) in [4.78, 5) is 4.52. The van der Waals surface area contributed by atoms with E-state index in [2.05, 4.69) is 34.9 Å². The van der Waals surface area contributed by atoms with Gasteiger partial charge in [-0.15, -0.1) is 0 Å². The predicted octanol–water partition coefficient (Wildman–Crippen LogP) is 3.96. The molecule has 0 bridgehead atoms. The zero-order chi connectivity index (χ0) is 13.8. The summed E-state index contributed by atoms with van der Waals surface area (Å²) in [6, 6.07) is 7.93. The minimum Gasteiger partial charge on any atom is -0.355 e. The molecule has 0 saturated heterocycles. The van der Waals surface area contributed by atoms with Crippen molar-refractivity contribution in [3.8, 4) is 0 Å². The first kappa shape index (κ1) is 13.9. The number of anilines is 1. The van der Waals surface area contributed by atoms with E-state index in [4.69, 9.17) is 11.6 Å². The summed E-state index contributed by atoms with van der Waals surface area (Å²) in [6.07, 6.45) is 2.07. The maximum atomic E-state index is 5.90. The second-order valence-electron chi connectivity index (χ2n) is 5.24. The first-order valence-electron chi connectivity index (χ1n) is 6.56. The second kappa shape index (κ2) is 6.11. The van der Waals surface area contributed by atoms with Gasteiger partial charge in [0, 0.05) is 17.8 Å². The van der Waals surface area contributed by atoms with E-state index in [0.717, 1.165) is 29.8 Å². The molecule has 3 nitrogen and oxygen atoms in total. The standard InChI is InChI=1S/C15H20ClN3/c1-11(2)8-17-15-18-12(3)9-19(15)10-13-4-6-14(16)7-5-13/h4-7,9,11H,8,10H2,1-3H3,(H,17,18). The van der Waals surface area contributed by atoms with Crippen LogP contribution in [0, 0.1) is 12.8 Å². The number of benzene rings is 1. The Morgan fingerprint density at radius 2 is 1.95 bits per heavy atom. The molecule has 2 rings (SSSR count). The molecule has 0 aliphatic carbocycles. The SMILES string of the molecule is Cc1cn(Cc2ccc(Cl)cc2)c(NCC(C)C)n1. The van der Waals surface area contributed by atoms with Gasteiger partial charge in [0.15, 0.2) is 0 Å². The third-order valence-electron chi connectivity index (χ3n) is 2.83. The monoisotopic (exact) mass is 277 g/mol. The van der Waals surface area contributed by atoms with Gasteiger partial charge in [-0.25, -0.2) is 4.98 Å². The lowest BCUT2D eigenvalue weighted by atomic mass is 10.2. The number of aryl methyl sites for hydroxylation is 1. The number of hydrogen-bond acceptors (Lipinski definition) is 2. The molecule has 2 aromatic rings. The van der Waals surface area contributed by atoms with Crippen LogP contribution in [0.15, 0.2) is 30.5 Å². The van der Waals surface area contributed by atoms with E-state index in [1.54, 1.807) is 0 Å². The molecule has 0 fully saturated rings. The summed E-state index contributed by atoms with van der Waals surface area (Å²) >= 11 is 5.90. The van der Waals surface area contributed by atoms with Crippen LogP contribution in [0.25, 0.3) is 0 Å². The number of rotatable bonds is 5. The minimum absolute atomic E-state index is 0.598. The maximum Gasteiger partial charge on any atom is 0.203 e. The highest BCUT2D eigenvalue weighted by atomic mass is 35.5. The Labute approximate surface area is 119 Å². The van der Waals surface area contributed by atoms with Gasteiger partial charge in [0.05, 0.1) is 12.2 Å². The van der Waals surface area contributed by atoms with Crippen LogP contribution in [0.2, 0.25) is 5.02 Å². The number of aromatic nitrogens is 2. The van der Waals surface area contributed by atoms with Crippen molar-refractivity contribution in [2.24, 2.45) is 5.92 Å². The molecule has 0 aliphatic rings. The molecular formula is C15H20ClN3. The Balaban J connectivity index is 2.12. The van der Waals surface area contributed by atoms with Gasteiger partial charge >= 0.3 is 0 Å². The fraction of sp³-hybridized carbons (Fsp3) is 0.400. The van der Waals surface area contributed by atoms with E-state index in [-0.39, 0.29) is 0 Å². The minimum atomic E-state index is 0.598. The molecule has 4 heteroatoms. The highest BCUT2D eigenvalue weighted by molar-refractivity contribution is 6.30. The molecular weight excluding hydrogens is 258 g/mol. The average molecular weight is 278 g/mol. The van der Waals surface area contributed by atoms with E-state index >= 15 is 0 Å². The largest absolute Gasteiger partial charge is 0.355 e. The van der Waals surface area contributed by atoms with Crippen LogP contribution in [0.1, 0.15) is 25.1 Å². The molecule has 0 unspecified atom stereocenters. The van der Waals surface area contributed by atoms with Gasteiger partial charge in [0.2, 0.25) is 5.95 Å². The second-order valence-corrected chi connectivity index (χ2v) is 5.67. The van der Waals surface area contributed by atoms with Gasteiger partial charge in [0.25, 0.3) is 0 Å². The van der Waals surface area contributed by atoms with E-state index in [0.29, 0.717) is 5.92 Å². The van der Waals surface area contributed by atoms with Crippen LogP contribution in [0.5, 0.6) is 0 Å². The van der Waals surface area contributed by atoms with Crippen molar-refractivity contribution in [1.82, 2.24) is 9.55 Å². The lowest BCUT2D eigenvalue weighted by Gasteiger charge is -2.11. The van der Waals surface area contributed by atoms with Crippen LogP contribution in [0.3, 0.4) is 0 Å². The van der Waals surface area contributed by atoms with Gasteiger partial charge in [-0.1, -0.05) is 37.6 Å². The number of halogens is 1. The first-order chi connectivity index (χ1) is 9.04. The Bertz CT molecular complexity index is 529. The van der Waals surface area contributed by atoms with E-state index in [1.807, 2.05) is 31.2 Å². The van der Waals surface area contributed by atoms with Crippen LogP contribution in [-0.2, 0) is 6.54 Å². The van der Waals surface area contributed by atoms with Crippen LogP contribution in [-0.4, -0.2) is 16.1 Å². The fourth-order valence-electron chi connectivity index (χ4n) is 1.89. The summed E-state index contributed by atoms with van der Waals surface area (Å²) in [5, 5.41) is 4.16. The number of imidazole rings is 1. The zero-order valence-corrected chi connectivity index (χ0v) is 12.4. The fourth-order valence-corrected chi connectivity index (χ4v) is 2.02. The van der Waals surface area contributed by atoms with Crippen LogP contribution >= 0.6 is 11.6 Å². The topological polar surface area (TPSA) is 29.9 Å². The van der Waals surface area contributed by atoms with E-state index < -0.39 is 0 Å². The van der Waals surface area contributed by atoms with Crippen molar-refractivity contribution in [2.45, 2.75) is 27.3 Å². The van der Waals surface area contributed by atoms with Gasteiger partial charge in [-0.05, 0) is 30.5 Å². The predicted molar refractivity (Wildman–Crippen MR) is 80.8 cm³/mol. The summed E-state index contributed by atoms with van der Waals surface area (Å²) in [5.74, 6) is 1.53. The zero-order valence-electron chi connectivity index (χ0n) is 11.7. The van der Waals surface area contributed by atoms with Crippen molar-refractivity contribution < 1.29 is 0 Å². The molecule has 0 atom stereocenters. The Morgan fingerprint density at radius 1 is 1.26 bits per heavy atom. The Kier molecular flexibility index (Phi) is 4.48. The van der Waals surface area contributed by atoms with Crippen molar-refractivity contribution in [3.05, 3.63) is 46.7 Å². The third-order valence-corrected chi connectivity index (χ3v) is 3.08. The van der Waals surface area contributed by atoms with Crippen LogP contribution in [0.4, 0.5) is 5.95 Å². The molecule has 0 spiro atoms. The number of hydrogen-bond donors (Lipinski definition) is 1. The normalized spacial score (nSPS) is 11.0. The lowest BCUT2D eigenvalue weighted by Crippen LogP contribution is -2.13. The molecule has 0 amide bonds. The Hall–Kier alpha value is -1.48. The Morgan fingerprint density at radius 3 is 2.58 bits per heavy atom. The highest BCUT2D eigenvalue weighted by Crippen LogP contribution is 2.15. The van der Waals surface area contributed by atoms with Crippen molar-refractivity contribution >= 4 is 17.5 Å². The van der Waals surface area contributed by atoms with Crippen molar-refractivity contribution in [2.75, 3.05) is 11.9 Å². The van der Waals surface area contributed by atoms with Gasteiger partial charge in [0.1, 0.15) is 0 Å². The number of nitrogens with zero attached hydrogens (tertiary/aromatic N) is 2. The molecule has 102 valence electrons. The van der Waals surface area contributed by atoms with Gasteiger partial charge in [-0.3, -0.25) is 0 Å². The average Bonchev–Trinajstić information content (AvgIpc) is 2.70. The summed E-state index contributed by atoms with van der Waals surface area (Å²) in [7, 11) is 0. The molecule has 19 heavy (non-hydrogen) atoms. The summed E-state index contributed by atoms with van der Waals surface area (Å²) < 4.78 is 2.14. The molecule has 1 aromatic heterocycles. The van der Waals surface area contributed by atoms with Crippen LogP contribution < -0.4 is 5.32 Å². The third kappa shape index (κ3) is 4.00. The van der Waals surface area contributed by atoms with E-state index in [9.17, 15) is 0 Å². The van der Waals surface area contributed by atoms with Crippen molar-refractivity contribution in [3.63, 3.8) is 0 Å². The summed E-state index contributed by atoms with van der Waals surface area (Å²) in [6.45, 7) is 8.12. The molecule has 1 aromatic carbocycles. The van der Waals surface area contributed by atoms with Gasteiger partial charge < -0.3 is 9.88 Å². The first-order valence-corrected chi connectivity index (χ1v) is 6.94. The molecule has 1 N–H and O–H groups in total. The molecule has 0 radical (unpaired) electrons. The number of nitrogens with one attached hydrogen (secondary N) is 1. The van der Waals surface area contributed by atoms with Gasteiger partial charge in [-0.2, -0.15) is 0 Å². The lowest BCUT2D eigenvalue weighted by molar-refractivity contribution is 0.676. The van der Waals surface area contributed by atoms with Crippen molar-refractivity contribution in [1.29, 1.82) is 0 Å². The smallest absolute Gasteiger partial charge is 0.203 e. The molecule has 0 aliphatic heterocycles. The molecule has 0 saturated carbocycles. The quantitative estimate of drug-likeness (QED) is 0.896. The molecule has 1 heterocycles. The summed E-state index contributed by atoms with van der Waals surface area (Å²) in [5.41, 5.74) is 2.25. The van der Waals surface area contributed by atoms with E-state index in [1.165, 1.54) is 5.56 Å². The highest BCUT2D eigenvalue weighted by Gasteiger charge is 2.06. The maximum absolute atomic E-state index is 5.90.